The van der Waals surface area contributed by atoms with Gasteiger partial charge in [-0.25, -0.2) is 4.39 Å². The molecule has 0 heterocycles. The molecular formula is C14H12ClFOS. The molecule has 0 aliphatic carbocycles. The zero-order chi connectivity index (χ0) is 13.1. The fourth-order valence-electron chi connectivity index (χ4n) is 1.56. The molecule has 1 N–H and O–H groups in total. The van der Waals surface area contributed by atoms with E-state index in [0.29, 0.717) is 15.5 Å². The lowest BCUT2D eigenvalue weighted by Gasteiger charge is -2.09. The largest absolute Gasteiger partial charge is 0.389 e. The first-order chi connectivity index (χ1) is 8.58. The maximum absolute atomic E-state index is 13.5. The van der Waals surface area contributed by atoms with Gasteiger partial charge in [-0.15, -0.1) is 0 Å². The van der Waals surface area contributed by atoms with Crippen molar-refractivity contribution < 1.29 is 9.50 Å². The molecule has 4 heteroatoms. The number of halogens is 2. The average molecular weight is 283 g/mol. The van der Waals surface area contributed by atoms with E-state index in [1.54, 1.807) is 37.3 Å². The van der Waals surface area contributed by atoms with Gasteiger partial charge in [0.2, 0.25) is 0 Å². The highest BCUT2D eigenvalue weighted by molar-refractivity contribution is 7.99. The summed E-state index contributed by atoms with van der Waals surface area (Å²) in [6.07, 6.45) is -0.606. The van der Waals surface area contributed by atoms with Crippen molar-refractivity contribution in [2.24, 2.45) is 0 Å². The minimum Gasteiger partial charge on any atom is -0.389 e. The molecule has 2 aromatic rings. The van der Waals surface area contributed by atoms with E-state index in [1.807, 2.05) is 6.07 Å². The summed E-state index contributed by atoms with van der Waals surface area (Å²) in [6, 6.07) is 11.9. The predicted molar refractivity (Wildman–Crippen MR) is 72.6 cm³/mol. The van der Waals surface area contributed by atoms with Crippen LogP contribution in [-0.2, 0) is 0 Å². The van der Waals surface area contributed by atoms with Gasteiger partial charge in [-0.2, -0.15) is 0 Å². The molecule has 18 heavy (non-hydrogen) atoms. The lowest BCUT2D eigenvalue weighted by molar-refractivity contribution is 0.199. The molecule has 0 aliphatic rings. The van der Waals surface area contributed by atoms with Crippen LogP contribution >= 0.6 is 23.4 Å². The number of rotatable bonds is 3. The number of benzene rings is 2. The minimum atomic E-state index is -0.606. The van der Waals surface area contributed by atoms with Gasteiger partial charge in [-0.3, -0.25) is 0 Å². The normalized spacial score (nSPS) is 12.4. The molecule has 0 saturated carbocycles. The van der Waals surface area contributed by atoms with Gasteiger partial charge in [0.15, 0.2) is 0 Å². The Morgan fingerprint density at radius 2 is 1.94 bits per heavy atom. The monoisotopic (exact) mass is 282 g/mol. The summed E-state index contributed by atoms with van der Waals surface area (Å²) in [5, 5.41) is 9.97. The Hall–Kier alpha value is -1.03. The van der Waals surface area contributed by atoms with Gasteiger partial charge in [0.25, 0.3) is 0 Å². The zero-order valence-electron chi connectivity index (χ0n) is 9.73. The van der Waals surface area contributed by atoms with Crippen LogP contribution in [0.5, 0.6) is 0 Å². The van der Waals surface area contributed by atoms with Crippen molar-refractivity contribution in [3.8, 4) is 0 Å². The van der Waals surface area contributed by atoms with Gasteiger partial charge < -0.3 is 5.11 Å². The standard InChI is InChI=1S/C14H12ClFOS/c1-9(17)11-7-6-10(8-12(11)15)18-14-5-3-2-4-13(14)16/h2-9,17H,1H3. The van der Waals surface area contributed by atoms with E-state index in [4.69, 9.17) is 11.6 Å². The molecule has 0 bridgehead atoms. The summed E-state index contributed by atoms with van der Waals surface area (Å²) in [5.74, 6) is -0.252. The highest BCUT2D eigenvalue weighted by Crippen LogP contribution is 2.33. The van der Waals surface area contributed by atoms with Crippen LogP contribution in [0.1, 0.15) is 18.6 Å². The first-order valence-corrected chi connectivity index (χ1v) is 6.67. The molecular weight excluding hydrogens is 271 g/mol. The van der Waals surface area contributed by atoms with Crippen LogP contribution < -0.4 is 0 Å². The second kappa shape index (κ2) is 5.74. The van der Waals surface area contributed by atoms with Gasteiger partial charge in [0.05, 0.1) is 6.10 Å². The Balaban J connectivity index is 2.26. The zero-order valence-corrected chi connectivity index (χ0v) is 11.3. The van der Waals surface area contributed by atoms with Crippen molar-refractivity contribution in [3.63, 3.8) is 0 Å². The fourth-order valence-corrected chi connectivity index (χ4v) is 2.85. The number of aliphatic hydroxyl groups excluding tert-OH is 1. The summed E-state index contributed by atoms with van der Waals surface area (Å²) in [5.41, 5.74) is 0.676. The van der Waals surface area contributed by atoms with Crippen LogP contribution in [0.25, 0.3) is 0 Å². The summed E-state index contributed by atoms with van der Waals surface area (Å²) in [4.78, 5) is 1.40. The van der Waals surface area contributed by atoms with E-state index >= 15 is 0 Å². The van der Waals surface area contributed by atoms with Crippen molar-refractivity contribution in [2.75, 3.05) is 0 Å². The third-order valence-corrected chi connectivity index (χ3v) is 3.85. The third kappa shape index (κ3) is 3.05. The van der Waals surface area contributed by atoms with Crippen molar-refractivity contribution >= 4 is 23.4 Å². The van der Waals surface area contributed by atoms with Crippen LogP contribution in [-0.4, -0.2) is 5.11 Å². The summed E-state index contributed by atoms with van der Waals surface area (Å²) >= 11 is 7.37. The second-order valence-electron chi connectivity index (χ2n) is 3.89. The Morgan fingerprint density at radius 3 is 2.56 bits per heavy atom. The molecule has 94 valence electrons. The van der Waals surface area contributed by atoms with Gasteiger partial charge in [0.1, 0.15) is 5.82 Å². The predicted octanol–water partition coefficient (Wildman–Crippen LogP) is 4.68. The molecule has 1 unspecified atom stereocenters. The topological polar surface area (TPSA) is 20.2 Å². The Bertz CT molecular complexity index is 557. The molecule has 0 spiro atoms. The Morgan fingerprint density at radius 1 is 1.22 bits per heavy atom. The molecule has 0 radical (unpaired) electrons. The molecule has 0 saturated heterocycles. The van der Waals surface area contributed by atoms with E-state index in [0.717, 1.165) is 4.90 Å². The summed E-state index contributed by atoms with van der Waals surface area (Å²) in [7, 11) is 0. The van der Waals surface area contributed by atoms with E-state index < -0.39 is 6.10 Å². The summed E-state index contributed by atoms with van der Waals surface area (Å²) in [6.45, 7) is 1.66. The van der Waals surface area contributed by atoms with Gasteiger partial charge in [-0.05, 0) is 36.8 Å². The molecule has 2 aromatic carbocycles. The second-order valence-corrected chi connectivity index (χ2v) is 5.41. The molecule has 0 aromatic heterocycles. The minimum absolute atomic E-state index is 0.252. The molecule has 0 amide bonds. The van der Waals surface area contributed by atoms with Crippen LogP contribution in [0.3, 0.4) is 0 Å². The van der Waals surface area contributed by atoms with Crippen molar-refractivity contribution in [1.82, 2.24) is 0 Å². The Kier molecular flexibility index (Phi) is 4.27. The van der Waals surface area contributed by atoms with Crippen molar-refractivity contribution in [1.29, 1.82) is 0 Å². The molecule has 1 atom stereocenters. The van der Waals surface area contributed by atoms with Crippen LogP contribution in [0.4, 0.5) is 4.39 Å². The van der Waals surface area contributed by atoms with Crippen LogP contribution in [0.2, 0.25) is 5.02 Å². The van der Waals surface area contributed by atoms with Crippen molar-refractivity contribution in [2.45, 2.75) is 22.8 Å². The van der Waals surface area contributed by atoms with Crippen LogP contribution in [0, 0.1) is 5.82 Å². The SMILES string of the molecule is CC(O)c1ccc(Sc2ccccc2F)cc1Cl. The highest BCUT2D eigenvalue weighted by Gasteiger charge is 2.09. The molecule has 1 nitrogen and oxygen atoms in total. The number of hydrogen-bond donors (Lipinski definition) is 1. The lowest BCUT2D eigenvalue weighted by Crippen LogP contribution is -1.92. The molecule has 0 aliphatic heterocycles. The van der Waals surface area contributed by atoms with E-state index in [2.05, 4.69) is 0 Å². The van der Waals surface area contributed by atoms with Gasteiger partial charge in [-0.1, -0.05) is 41.6 Å². The first-order valence-electron chi connectivity index (χ1n) is 5.48. The van der Waals surface area contributed by atoms with Gasteiger partial charge in [0, 0.05) is 14.8 Å². The van der Waals surface area contributed by atoms with E-state index in [9.17, 15) is 9.50 Å². The highest BCUT2D eigenvalue weighted by atomic mass is 35.5. The lowest BCUT2D eigenvalue weighted by atomic mass is 10.1. The smallest absolute Gasteiger partial charge is 0.137 e. The average Bonchev–Trinajstić information content (AvgIpc) is 2.32. The maximum atomic E-state index is 13.5. The molecule has 0 fully saturated rings. The fraction of sp³-hybridized carbons (Fsp3) is 0.143. The summed E-state index contributed by atoms with van der Waals surface area (Å²) < 4.78 is 13.5. The maximum Gasteiger partial charge on any atom is 0.137 e. The third-order valence-electron chi connectivity index (χ3n) is 2.49. The Labute approximate surface area is 115 Å². The molecule has 2 rings (SSSR count). The van der Waals surface area contributed by atoms with E-state index in [1.165, 1.54) is 17.8 Å². The number of hydrogen-bond acceptors (Lipinski definition) is 2. The van der Waals surface area contributed by atoms with Gasteiger partial charge >= 0.3 is 0 Å². The quantitative estimate of drug-likeness (QED) is 0.882. The van der Waals surface area contributed by atoms with Crippen molar-refractivity contribution in [3.05, 3.63) is 58.9 Å². The first kappa shape index (κ1) is 13.4. The van der Waals surface area contributed by atoms with Crippen LogP contribution in [0.15, 0.2) is 52.3 Å². The number of aliphatic hydroxyl groups is 1. The van der Waals surface area contributed by atoms with E-state index in [-0.39, 0.29) is 5.82 Å².